The van der Waals surface area contributed by atoms with E-state index in [0.717, 1.165) is 29.9 Å². The average Bonchev–Trinajstić information content (AvgIpc) is 3.15. The summed E-state index contributed by atoms with van der Waals surface area (Å²) >= 11 is 0. The van der Waals surface area contributed by atoms with Gasteiger partial charge in [0.05, 0.1) is 12.8 Å². The van der Waals surface area contributed by atoms with Crippen LogP contribution in [0.5, 0.6) is 11.5 Å². The first-order valence-electron chi connectivity index (χ1n) is 8.73. The van der Waals surface area contributed by atoms with Crippen LogP contribution in [-0.2, 0) is 18.1 Å². The summed E-state index contributed by atoms with van der Waals surface area (Å²) in [6, 6.07) is 15.8. The number of oxime groups is 1. The summed E-state index contributed by atoms with van der Waals surface area (Å²) in [5.74, 6) is 1.64. The highest BCUT2D eigenvalue weighted by atomic mass is 16.6. The van der Waals surface area contributed by atoms with E-state index in [2.05, 4.69) is 10.5 Å². The molecule has 1 atom stereocenters. The Bertz CT molecular complexity index is 734. The Morgan fingerprint density at radius 1 is 1.08 bits per heavy atom. The minimum absolute atomic E-state index is 0.262. The van der Waals surface area contributed by atoms with Gasteiger partial charge in [-0.05, 0) is 23.3 Å². The first kappa shape index (κ1) is 18.2. The third-order valence-electron chi connectivity index (χ3n) is 4.33. The first-order chi connectivity index (χ1) is 12.8. The van der Waals surface area contributed by atoms with Crippen LogP contribution in [0.3, 0.4) is 0 Å². The van der Waals surface area contributed by atoms with Crippen molar-refractivity contribution < 1.29 is 14.3 Å². The van der Waals surface area contributed by atoms with Crippen molar-refractivity contribution in [3.8, 4) is 11.5 Å². The van der Waals surface area contributed by atoms with Gasteiger partial charge in [-0.25, -0.2) is 0 Å². The normalized spacial score (nSPS) is 18.1. The van der Waals surface area contributed by atoms with Gasteiger partial charge in [-0.3, -0.25) is 0 Å². The van der Waals surface area contributed by atoms with E-state index in [9.17, 15) is 0 Å². The summed E-state index contributed by atoms with van der Waals surface area (Å²) in [4.78, 5) is 5.50. The highest BCUT2D eigenvalue weighted by Crippen LogP contribution is 2.29. The molecule has 3 N–H and O–H groups in total. The molecule has 1 fully saturated rings. The van der Waals surface area contributed by atoms with E-state index in [1.54, 1.807) is 7.11 Å². The van der Waals surface area contributed by atoms with E-state index in [-0.39, 0.29) is 5.92 Å². The largest absolute Gasteiger partial charge is 0.493 e. The van der Waals surface area contributed by atoms with Crippen LogP contribution in [0.2, 0.25) is 0 Å². The number of nitrogens with two attached hydrogens (primary N) is 1. The van der Waals surface area contributed by atoms with E-state index in [1.807, 2.05) is 48.5 Å². The van der Waals surface area contributed by atoms with E-state index < -0.39 is 0 Å². The quantitative estimate of drug-likeness (QED) is 0.711. The zero-order chi connectivity index (χ0) is 18.2. The Hall–Kier alpha value is -2.57. The molecule has 1 heterocycles. The molecule has 138 valence electrons. The number of benzene rings is 2. The number of nitrogens with one attached hydrogen (secondary N) is 1. The summed E-state index contributed by atoms with van der Waals surface area (Å²) in [5.41, 5.74) is 8.77. The lowest BCUT2D eigenvalue weighted by Gasteiger charge is -2.12. The lowest BCUT2D eigenvalue weighted by atomic mass is 10.1. The number of nitrogens with zero attached hydrogens (tertiary/aromatic N) is 1. The Morgan fingerprint density at radius 3 is 2.69 bits per heavy atom. The number of hydrogen-bond donors (Lipinski definition) is 2. The maximum atomic E-state index is 5.87. The first-order valence-corrected chi connectivity index (χ1v) is 8.73. The summed E-state index contributed by atoms with van der Waals surface area (Å²) in [7, 11) is 1.63. The molecule has 0 aliphatic carbocycles. The Balaban J connectivity index is 1.58. The van der Waals surface area contributed by atoms with E-state index in [4.69, 9.17) is 20.0 Å². The van der Waals surface area contributed by atoms with Gasteiger partial charge < -0.3 is 25.4 Å². The van der Waals surface area contributed by atoms with E-state index >= 15 is 0 Å². The molecule has 2 aromatic carbocycles. The van der Waals surface area contributed by atoms with Gasteiger partial charge in [0.1, 0.15) is 13.2 Å². The molecule has 1 saturated heterocycles. The predicted octanol–water partition coefficient (Wildman–Crippen LogP) is 2.32. The third-order valence-corrected chi connectivity index (χ3v) is 4.33. The number of methoxy groups -OCH3 is 1. The summed E-state index contributed by atoms with van der Waals surface area (Å²) in [6.45, 7) is 3.04. The van der Waals surface area contributed by atoms with E-state index in [1.165, 1.54) is 0 Å². The lowest BCUT2D eigenvalue weighted by molar-refractivity contribution is 0.129. The maximum Gasteiger partial charge on any atom is 0.161 e. The Morgan fingerprint density at radius 2 is 1.92 bits per heavy atom. The van der Waals surface area contributed by atoms with Crippen LogP contribution in [0.1, 0.15) is 11.1 Å². The second-order valence-electron chi connectivity index (χ2n) is 6.18. The second-order valence-corrected chi connectivity index (χ2v) is 6.18. The predicted molar refractivity (Wildman–Crippen MR) is 101 cm³/mol. The zero-order valence-electron chi connectivity index (χ0n) is 15.0. The standard InChI is InChI=1S/C20H25N3O3/c1-24-20-9-16(14-26-23-18-12-22-11-17(18)10-21)7-8-19(20)25-13-15-5-3-2-4-6-15/h2-9,17,22H,10-14,21H2,1H3/b23-18+. The van der Waals surface area contributed by atoms with Crippen molar-refractivity contribution in [2.75, 3.05) is 26.7 Å². The second kappa shape index (κ2) is 9.22. The van der Waals surface area contributed by atoms with Crippen LogP contribution in [0.25, 0.3) is 0 Å². The fourth-order valence-electron chi connectivity index (χ4n) is 2.81. The zero-order valence-corrected chi connectivity index (χ0v) is 15.0. The van der Waals surface area contributed by atoms with E-state index in [0.29, 0.717) is 31.3 Å². The Labute approximate surface area is 153 Å². The van der Waals surface area contributed by atoms with Crippen LogP contribution >= 0.6 is 0 Å². The monoisotopic (exact) mass is 355 g/mol. The van der Waals surface area contributed by atoms with Gasteiger partial charge in [-0.2, -0.15) is 0 Å². The SMILES string of the molecule is COc1cc(CO/N=C2\CNCC2CN)ccc1OCc1ccccc1. The van der Waals surface area contributed by atoms with Crippen molar-refractivity contribution in [2.45, 2.75) is 13.2 Å². The fourth-order valence-corrected chi connectivity index (χ4v) is 2.81. The topological polar surface area (TPSA) is 78.1 Å². The molecule has 2 aromatic rings. The summed E-state index contributed by atoms with van der Waals surface area (Å²) in [6.07, 6.45) is 0. The smallest absolute Gasteiger partial charge is 0.161 e. The van der Waals surface area contributed by atoms with Crippen molar-refractivity contribution in [1.82, 2.24) is 5.32 Å². The molecule has 1 aliphatic rings. The van der Waals surface area contributed by atoms with Crippen molar-refractivity contribution in [3.63, 3.8) is 0 Å². The van der Waals surface area contributed by atoms with Crippen molar-refractivity contribution in [3.05, 3.63) is 59.7 Å². The lowest BCUT2D eigenvalue weighted by Crippen LogP contribution is -2.22. The molecule has 3 rings (SSSR count). The summed E-state index contributed by atoms with van der Waals surface area (Å²) < 4.78 is 11.3. The molecule has 0 saturated carbocycles. The van der Waals surface area contributed by atoms with Crippen LogP contribution in [-0.4, -0.2) is 32.5 Å². The highest BCUT2D eigenvalue weighted by molar-refractivity contribution is 5.90. The summed E-state index contributed by atoms with van der Waals surface area (Å²) in [5, 5.41) is 7.47. The molecule has 0 aromatic heterocycles. The molecule has 26 heavy (non-hydrogen) atoms. The molecule has 1 aliphatic heterocycles. The van der Waals surface area contributed by atoms with Crippen molar-refractivity contribution in [1.29, 1.82) is 0 Å². The number of rotatable bonds is 8. The number of ether oxygens (including phenoxy) is 2. The minimum Gasteiger partial charge on any atom is -0.493 e. The van der Waals surface area contributed by atoms with Crippen LogP contribution in [0.4, 0.5) is 0 Å². The molecule has 0 bridgehead atoms. The average molecular weight is 355 g/mol. The molecule has 1 unspecified atom stereocenters. The molecule has 6 nitrogen and oxygen atoms in total. The minimum atomic E-state index is 0.262. The van der Waals surface area contributed by atoms with Crippen LogP contribution in [0.15, 0.2) is 53.7 Å². The molecule has 0 spiro atoms. The molecular formula is C20H25N3O3. The van der Waals surface area contributed by atoms with Crippen molar-refractivity contribution >= 4 is 5.71 Å². The molecular weight excluding hydrogens is 330 g/mol. The van der Waals surface area contributed by atoms with Crippen molar-refractivity contribution in [2.24, 2.45) is 16.8 Å². The highest BCUT2D eigenvalue weighted by Gasteiger charge is 2.21. The van der Waals surface area contributed by atoms with Gasteiger partial charge in [0.25, 0.3) is 0 Å². The molecule has 0 amide bonds. The van der Waals surface area contributed by atoms with Gasteiger partial charge in [0, 0.05) is 25.6 Å². The van der Waals surface area contributed by atoms with Gasteiger partial charge in [-0.1, -0.05) is 41.6 Å². The van der Waals surface area contributed by atoms with Crippen LogP contribution < -0.4 is 20.5 Å². The Kier molecular flexibility index (Phi) is 6.46. The van der Waals surface area contributed by atoms with Gasteiger partial charge in [0.15, 0.2) is 11.5 Å². The van der Waals surface area contributed by atoms with Crippen LogP contribution in [0, 0.1) is 5.92 Å². The maximum absolute atomic E-state index is 5.87. The third kappa shape index (κ3) is 4.74. The van der Waals surface area contributed by atoms with Gasteiger partial charge >= 0.3 is 0 Å². The fraction of sp³-hybridized carbons (Fsp3) is 0.350. The molecule has 6 heteroatoms. The molecule has 0 radical (unpaired) electrons. The van der Waals surface area contributed by atoms with Gasteiger partial charge in [-0.15, -0.1) is 0 Å². The number of hydrogen-bond acceptors (Lipinski definition) is 6. The van der Waals surface area contributed by atoms with Gasteiger partial charge in [0.2, 0.25) is 0 Å².